The smallest absolute Gasteiger partial charge is 0.336 e. The van der Waals surface area contributed by atoms with Gasteiger partial charge in [0.15, 0.2) is 5.82 Å². The first kappa shape index (κ1) is 20.5. The number of cyclic esters (lactones) is 1. The molecule has 6 rings (SSSR count). The van der Waals surface area contributed by atoms with Crippen molar-refractivity contribution >= 4 is 11.9 Å². The van der Waals surface area contributed by atoms with Crippen LogP contribution in [0.15, 0.2) is 29.5 Å². The second-order valence-corrected chi connectivity index (χ2v) is 9.96. The maximum Gasteiger partial charge on any atom is 0.336 e. The number of aromatic nitrogens is 4. The van der Waals surface area contributed by atoms with Crippen molar-refractivity contribution in [3.05, 3.63) is 40.6 Å². The number of hydrogen-bond acceptors (Lipinski definition) is 7. The van der Waals surface area contributed by atoms with Crippen LogP contribution in [0.4, 0.5) is 0 Å². The third-order valence-corrected chi connectivity index (χ3v) is 7.97. The summed E-state index contributed by atoms with van der Waals surface area (Å²) in [5.74, 6) is 0.717. The first-order chi connectivity index (χ1) is 15.9. The van der Waals surface area contributed by atoms with Crippen molar-refractivity contribution in [3.8, 4) is 11.4 Å². The number of ether oxygens (including phenoxy) is 1. The third kappa shape index (κ3) is 3.20. The Hall–Kier alpha value is -3.07. The van der Waals surface area contributed by atoms with Crippen LogP contribution in [0.5, 0.6) is 0 Å². The van der Waals surface area contributed by atoms with E-state index in [2.05, 4.69) is 46.0 Å². The van der Waals surface area contributed by atoms with Gasteiger partial charge in [0.25, 0.3) is 0 Å². The molecular weight excluding hydrogens is 420 g/mol. The third-order valence-electron chi connectivity index (χ3n) is 7.97. The Morgan fingerprint density at radius 1 is 1.24 bits per heavy atom. The van der Waals surface area contributed by atoms with Gasteiger partial charge in [0, 0.05) is 24.2 Å². The van der Waals surface area contributed by atoms with Crippen LogP contribution in [0.1, 0.15) is 57.1 Å². The summed E-state index contributed by atoms with van der Waals surface area (Å²) in [5.41, 5.74) is 4.64. The van der Waals surface area contributed by atoms with E-state index >= 15 is 0 Å². The summed E-state index contributed by atoms with van der Waals surface area (Å²) in [6.07, 6.45) is 4.59. The number of nitrogens with zero attached hydrogens (tertiary/aromatic N) is 5. The molecule has 0 unspecified atom stereocenters. The summed E-state index contributed by atoms with van der Waals surface area (Å²) in [4.78, 5) is 27.2. The van der Waals surface area contributed by atoms with Crippen molar-refractivity contribution in [2.24, 2.45) is 5.41 Å². The molecule has 1 aromatic heterocycles. The average Bonchev–Trinajstić information content (AvgIpc) is 3.53. The average molecular weight is 449 g/mol. The second-order valence-electron chi connectivity index (χ2n) is 9.96. The number of rotatable bonds is 4. The summed E-state index contributed by atoms with van der Waals surface area (Å²) < 4.78 is 7.00. The topological polar surface area (TPSA) is 102 Å². The Balaban J connectivity index is 1.08. The number of carbonyl (C=O) groups excluding carboxylic acids is 2. The molecule has 1 N–H and O–H groups in total. The van der Waals surface area contributed by atoms with E-state index in [1.807, 2.05) is 9.58 Å². The minimum Gasteiger partial charge on any atom is -0.456 e. The predicted octanol–water partition coefficient (Wildman–Crippen LogP) is 2.17. The van der Waals surface area contributed by atoms with Gasteiger partial charge in [-0.15, -0.1) is 5.10 Å². The molecule has 1 spiro atoms. The normalized spacial score (nSPS) is 28.6. The molecule has 2 fully saturated rings. The Bertz CT molecular complexity index is 1180. The molecule has 172 valence electrons. The number of fused-ring (bicyclic) bond motifs is 3. The molecule has 1 saturated carbocycles. The first-order valence-electron chi connectivity index (χ1n) is 11.8. The Morgan fingerprint density at radius 3 is 2.82 bits per heavy atom. The van der Waals surface area contributed by atoms with Crippen molar-refractivity contribution in [2.75, 3.05) is 6.61 Å². The van der Waals surface area contributed by atoms with Gasteiger partial charge in [-0.05, 0) is 67.5 Å². The van der Waals surface area contributed by atoms with Gasteiger partial charge < -0.3 is 15.0 Å². The van der Waals surface area contributed by atoms with Crippen molar-refractivity contribution in [2.45, 2.75) is 71.1 Å². The monoisotopic (exact) mass is 448 g/mol. The lowest BCUT2D eigenvalue weighted by molar-refractivity contribution is -0.138. The maximum atomic E-state index is 13.5. The van der Waals surface area contributed by atoms with Crippen LogP contribution in [0.2, 0.25) is 0 Å². The highest BCUT2D eigenvalue weighted by atomic mass is 16.5. The molecule has 1 aromatic carbocycles. The Kier molecular flexibility index (Phi) is 4.65. The molecule has 1 amide bonds. The molecule has 0 radical (unpaired) electrons. The summed E-state index contributed by atoms with van der Waals surface area (Å²) in [6, 6.07) is 6.98. The molecule has 9 heteroatoms. The summed E-state index contributed by atoms with van der Waals surface area (Å²) >= 11 is 0. The summed E-state index contributed by atoms with van der Waals surface area (Å²) in [6.45, 7) is 5.60. The fraction of sp³-hybridized carbons (Fsp3) is 0.542. The predicted molar refractivity (Wildman–Crippen MR) is 118 cm³/mol. The van der Waals surface area contributed by atoms with Crippen molar-refractivity contribution in [1.29, 1.82) is 0 Å². The maximum absolute atomic E-state index is 13.5. The lowest BCUT2D eigenvalue weighted by Gasteiger charge is -2.36. The number of nitrogens with one attached hydrogen (secondary N) is 1. The van der Waals surface area contributed by atoms with Gasteiger partial charge in [-0.3, -0.25) is 4.79 Å². The van der Waals surface area contributed by atoms with Gasteiger partial charge in [0.05, 0.1) is 23.2 Å². The zero-order valence-electron chi connectivity index (χ0n) is 19.0. The molecule has 0 bridgehead atoms. The van der Waals surface area contributed by atoms with Gasteiger partial charge in [-0.2, -0.15) is 0 Å². The minimum absolute atomic E-state index is 0.104. The molecule has 33 heavy (non-hydrogen) atoms. The zero-order chi connectivity index (χ0) is 22.7. The van der Waals surface area contributed by atoms with E-state index in [-0.39, 0.29) is 29.9 Å². The Labute approximate surface area is 192 Å². The molecule has 2 aromatic rings. The van der Waals surface area contributed by atoms with E-state index in [1.165, 1.54) is 11.1 Å². The van der Waals surface area contributed by atoms with Crippen LogP contribution in [0.25, 0.3) is 11.4 Å². The minimum atomic E-state index is -0.303. The second kappa shape index (κ2) is 7.48. The van der Waals surface area contributed by atoms with Gasteiger partial charge in [0.1, 0.15) is 6.61 Å². The number of hydrogen-bond donors (Lipinski definition) is 1. The van der Waals surface area contributed by atoms with Crippen LogP contribution in [0.3, 0.4) is 0 Å². The zero-order valence-corrected chi connectivity index (χ0v) is 19.0. The van der Waals surface area contributed by atoms with Crippen LogP contribution >= 0.6 is 0 Å². The van der Waals surface area contributed by atoms with Gasteiger partial charge in [-0.25, -0.2) is 9.48 Å². The van der Waals surface area contributed by atoms with E-state index < -0.39 is 0 Å². The van der Waals surface area contributed by atoms with Crippen molar-refractivity contribution < 1.29 is 14.3 Å². The van der Waals surface area contributed by atoms with Gasteiger partial charge in [0.2, 0.25) is 5.91 Å². The fourth-order valence-corrected chi connectivity index (χ4v) is 6.13. The highest BCUT2D eigenvalue weighted by molar-refractivity contribution is 5.94. The molecule has 3 aliphatic heterocycles. The van der Waals surface area contributed by atoms with Gasteiger partial charge in [-0.1, -0.05) is 18.2 Å². The molecule has 9 nitrogen and oxygen atoms in total. The van der Waals surface area contributed by atoms with E-state index in [0.29, 0.717) is 11.6 Å². The summed E-state index contributed by atoms with van der Waals surface area (Å²) in [5, 5.41) is 15.6. The number of likely N-dealkylation sites (tertiary alicyclic amines) is 1. The van der Waals surface area contributed by atoms with Crippen LogP contribution < -0.4 is 5.32 Å². The lowest BCUT2D eigenvalue weighted by atomic mass is 9.70. The van der Waals surface area contributed by atoms with E-state index in [1.54, 1.807) is 6.92 Å². The van der Waals surface area contributed by atoms with Crippen molar-refractivity contribution in [1.82, 2.24) is 30.4 Å². The fourth-order valence-electron chi connectivity index (χ4n) is 6.13. The molecular formula is C24H28N6O3. The van der Waals surface area contributed by atoms with Crippen LogP contribution in [-0.4, -0.2) is 55.7 Å². The molecule has 4 aliphatic rings. The van der Waals surface area contributed by atoms with E-state index in [0.717, 1.165) is 62.3 Å². The molecule has 1 aliphatic carbocycles. The van der Waals surface area contributed by atoms with Crippen LogP contribution in [0, 0.1) is 5.41 Å². The van der Waals surface area contributed by atoms with E-state index in [4.69, 9.17) is 4.74 Å². The molecule has 1 saturated heterocycles. The highest BCUT2D eigenvalue weighted by Crippen LogP contribution is 2.49. The van der Waals surface area contributed by atoms with Crippen molar-refractivity contribution in [3.63, 3.8) is 0 Å². The SMILES string of the molecule is CC1=C(N2C(=O)C3(CCC(NCc4ccc5c(c4)Cn4nnnc4-5)CC3)C[C@@H]2C)COC1=O. The standard InChI is InChI=1S/C24H28N6O3/c1-14-10-24(23(32)30(14)20-13-33-22(31)15(20)2)7-5-18(6-8-24)25-11-16-3-4-19-17(9-16)12-29-21(19)26-27-28-29/h3-4,9,14,18,25H,5-8,10-13H2,1-2H3/t14-,18?,24?/m0/s1. The van der Waals surface area contributed by atoms with Crippen LogP contribution in [-0.2, 0) is 27.4 Å². The van der Waals surface area contributed by atoms with E-state index in [9.17, 15) is 9.59 Å². The first-order valence-corrected chi connectivity index (χ1v) is 11.8. The number of benzene rings is 1. The lowest BCUT2D eigenvalue weighted by Crippen LogP contribution is -2.42. The number of esters is 1. The number of carbonyl (C=O) groups is 2. The molecule has 1 atom stereocenters. The quantitative estimate of drug-likeness (QED) is 0.610. The number of tetrazole rings is 1. The number of amides is 1. The summed E-state index contributed by atoms with van der Waals surface area (Å²) in [7, 11) is 0. The van der Waals surface area contributed by atoms with Gasteiger partial charge >= 0.3 is 5.97 Å². The Morgan fingerprint density at radius 2 is 2.06 bits per heavy atom. The highest BCUT2D eigenvalue weighted by Gasteiger charge is 2.53. The largest absolute Gasteiger partial charge is 0.456 e. The molecule has 4 heterocycles.